The zero-order valence-electron chi connectivity index (χ0n) is 10.4. The van der Waals surface area contributed by atoms with Gasteiger partial charge in [-0.2, -0.15) is 0 Å². The van der Waals surface area contributed by atoms with Crippen LogP contribution in [-0.4, -0.2) is 17.5 Å². The fraction of sp³-hybridized carbons (Fsp3) is 0.462. The van der Waals surface area contributed by atoms with Crippen LogP contribution in [0.2, 0.25) is 0 Å². The molecule has 0 aliphatic heterocycles. The minimum Gasteiger partial charge on any atom is -0.370 e. The number of nitrogens with two attached hydrogens (primary N) is 1. The highest BCUT2D eigenvalue weighted by Gasteiger charge is 2.27. The Bertz CT molecular complexity index is 455. The maximum absolute atomic E-state index is 12.0. The van der Waals surface area contributed by atoms with Gasteiger partial charge in [-0.25, -0.2) is 0 Å². The summed E-state index contributed by atoms with van der Waals surface area (Å²) in [5, 5.41) is 0. The van der Waals surface area contributed by atoms with Crippen LogP contribution in [0.5, 0.6) is 0 Å². The van der Waals surface area contributed by atoms with Crippen LogP contribution < -0.4 is 5.73 Å². The van der Waals surface area contributed by atoms with Crippen molar-refractivity contribution >= 4 is 17.5 Å². The minimum atomic E-state index is -0.388. The molecule has 0 saturated carbocycles. The maximum atomic E-state index is 12.0. The Labute approximate surface area is 101 Å². The summed E-state index contributed by atoms with van der Waals surface area (Å²) in [6.07, 6.45) is 1.18. The molecule has 0 aromatic heterocycles. The molecule has 2 N–H and O–H groups in total. The molecule has 0 bridgehead atoms. The van der Waals surface area contributed by atoms with Gasteiger partial charge in [-0.15, -0.1) is 0 Å². The standard InChI is InChI=1S/C13H17NO3/c1-7-8(2)13(17)10(9(3)12(7)16)5-4-6-11(14)15/h4-6H2,1-3H3,(H2,14,15). The Kier molecular flexibility index (Phi) is 3.99. The highest BCUT2D eigenvalue weighted by atomic mass is 16.1. The first-order valence-corrected chi connectivity index (χ1v) is 5.61. The largest absolute Gasteiger partial charge is 0.370 e. The number of allylic oxidation sites excluding steroid dienone is 4. The summed E-state index contributed by atoms with van der Waals surface area (Å²) >= 11 is 0. The van der Waals surface area contributed by atoms with E-state index in [4.69, 9.17) is 5.73 Å². The summed E-state index contributed by atoms with van der Waals surface area (Å²) in [6.45, 7) is 4.99. The second-order valence-electron chi connectivity index (χ2n) is 4.33. The third-order valence-corrected chi connectivity index (χ3v) is 3.16. The van der Waals surface area contributed by atoms with Crippen molar-refractivity contribution in [1.29, 1.82) is 0 Å². The zero-order valence-corrected chi connectivity index (χ0v) is 10.4. The van der Waals surface area contributed by atoms with Crippen molar-refractivity contribution in [3.63, 3.8) is 0 Å². The van der Waals surface area contributed by atoms with E-state index in [1.54, 1.807) is 20.8 Å². The molecule has 0 saturated heterocycles. The number of ketones is 2. The lowest BCUT2D eigenvalue weighted by atomic mass is 9.84. The molecule has 17 heavy (non-hydrogen) atoms. The van der Waals surface area contributed by atoms with E-state index in [1.807, 2.05) is 0 Å². The molecule has 0 radical (unpaired) electrons. The fourth-order valence-electron chi connectivity index (χ4n) is 1.90. The van der Waals surface area contributed by atoms with Gasteiger partial charge in [0.15, 0.2) is 11.6 Å². The van der Waals surface area contributed by atoms with Gasteiger partial charge in [0.25, 0.3) is 0 Å². The molecule has 0 spiro atoms. The molecule has 1 rings (SSSR count). The normalized spacial score (nSPS) is 16.9. The van der Waals surface area contributed by atoms with Crippen molar-refractivity contribution < 1.29 is 14.4 Å². The molecular formula is C13H17NO3. The summed E-state index contributed by atoms with van der Waals surface area (Å²) in [4.78, 5) is 34.4. The highest BCUT2D eigenvalue weighted by Crippen LogP contribution is 2.27. The molecule has 1 amide bonds. The van der Waals surface area contributed by atoms with Crippen LogP contribution in [0, 0.1) is 0 Å². The number of rotatable bonds is 4. The van der Waals surface area contributed by atoms with Gasteiger partial charge in [0.05, 0.1) is 0 Å². The second kappa shape index (κ2) is 5.08. The number of Topliss-reactive ketones (excluding diaryl/α,β-unsaturated/α-hetero) is 2. The molecule has 4 nitrogen and oxygen atoms in total. The number of carbonyl (C=O) groups excluding carboxylic acids is 3. The lowest BCUT2D eigenvalue weighted by Gasteiger charge is -2.18. The number of amides is 1. The maximum Gasteiger partial charge on any atom is 0.217 e. The quantitative estimate of drug-likeness (QED) is 0.749. The first-order chi connectivity index (χ1) is 7.86. The molecule has 0 atom stereocenters. The molecule has 0 aromatic carbocycles. The van der Waals surface area contributed by atoms with E-state index >= 15 is 0 Å². The summed E-state index contributed by atoms with van der Waals surface area (Å²) in [6, 6.07) is 0. The topological polar surface area (TPSA) is 77.2 Å². The Morgan fingerprint density at radius 3 is 2.06 bits per heavy atom. The zero-order chi connectivity index (χ0) is 13.2. The van der Waals surface area contributed by atoms with Gasteiger partial charge in [0.1, 0.15) is 0 Å². The van der Waals surface area contributed by atoms with E-state index in [1.165, 1.54) is 0 Å². The Morgan fingerprint density at radius 1 is 1.00 bits per heavy atom. The SMILES string of the molecule is CC1=C(C)C(=O)C(CCCC(N)=O)=C(C)C1=O. The van der Waals surface area contributed by atoms with Crippen LogP contribution in [-0.2, 0) is 14.4 Å². The molecule has 4 heteroatoms. The number of hydrogen-bond donors (Lipinski definition) is 1. The van der Waals surface area contributed by atoms with E-state index < -0.39 is 0 Å². The number of carbonyl (C=O) groups is 3. The fourth-order valence-corrected chi connectivity index (χ4v) is 1.90. The molecule has 0 heterocycles. The van der Waals surface area contributed by atoms with Gasteiger partial charge < -0.3 is 5.73 Å². The van der Waals surface area contributed by atoms with Crippen LogP contribution in [0.1, 0.15) is 40.0 Å². The molecule has 0 fully saturated rings. The van der Waals surface area contributed by atoms with Crippen LogP contribution in [0.4, 0.5) is 0 Å². The van der Waals surface area contributed by atoms with E-state index in [0.29, 0.717) is 35.1 Å². The third-order valence-electron chi connectivity index (χ3n) is 3.16. The average molecular weight is 235 g/mol. The van der Waals surface area contributed by atoms with Crippen molar-refractivity contribution in [3.05, 3.63) is 22.3 Å². The summed E-state index contributed by atoms with van der Waals surface area (Å²) < 4.78 is 0. The van der Waals surface area contributed by atoms with Gasteiger partial charge in [0.2, 0.25) is 5.91 Å². The Hall–Kier alpha value is -1.71. The monoisotopic (exact) mass is 235 g/mol. The van der Waals surface area contributed by atoms with Crippen molar-refractivity contribution in [3.8, 4) is 0 Å². The molecule has 92 valence electrons. The predicted octanol–water partition coefficient (Wildman–Crippen LogP) is 1.45. The molecule has 1 aliphatic carbocycles. The first kappa shape index (κ1) is 13.4. The number of primary amides is 1. The van der Waals surface area contributed by atoms with E-state index in [2.05, 4.69) is 0 Å². The average Bonchev–Trinajstić information content (AvgIpc) is 2.28. The van der Waals surface area contributed by atoms with E-state index in [-0.39, 0.29) is 23.9 Å². The van der Waals surface area contributed by atoms with Crippen molar-refractivity contribution in [1.82, 2.24) is 0 Å². The minimum absolute atomic E-state index is 0.0730. The predicted molar refractivity (Wildman–Crippen MR) is 64.1 cm³/mol. The summed E-state index contributed by atoms with van der Waals surface area (Å²) in [5.41, 5.74) is 7.10. The molecular weight excluding hydrogens is 218 g/mol. The van der Waals surface area contributed by atoms with Crippen molar-refractivity contribution in [2.24, 2.45) is 5.73 Å². The van der Waals surface area contributed by atoms with Crippen LogP contribution >= 0.6 is 0 Å². The van der Waals surface area contributed by atoms with Crippen LogP contribution in [0.25, 0.3) is 0 Å². The van der Waals surface area contributed by atoms with Gasteiger partial charge in [-0.3, -0.25) is 14.4 Å². The van der Waals surface area contributed by atoms with Gasteiger partial charge in [0, 0.05) is 28.7 Å². The van der Waals surface area contributed by atoms with Gasteiger partial charge >= 0.3 is 0 Å². The summed E-state index contributed by atoms with van der Waals surface area (Å²) in [5.74, 6) is -0.540. The Balaban J connectivity index is 2.88. The third kappa shape index (κ3) is 2.70. The van der Waals surface area contributed by atoms with Gasteiger partial charge in [-0.1, -0.05) is 0 Å². The lowest BCUT2D eigenvalue weighted by Crippen LogP contribution is -2.21. The highest BCUT2D eigenvalue weighted by molar-refractivity contribution is 6.24. The smallest absolute Gasteiger partial charge is 0.217 e. The van der Waals surface area contributed by atoms with Gasteiger partial charge in [-0.05, 0) is 33.6 Å². The summed E-state index contributed by atoms with van der Waals surface area (Å²) in [7, 11) is 0. The van der Waals surface area contributed by atoms with Crippen molar-refractivity contribution in [2.45, 2.75) is 40.0 Å². The van der Waals surface area contributed by atoms with Crippen LogP contribution in [0.3, 0.4) is 0 Å². The molecule has 1 aliphatic rings. The van der Waals surface area contributed by atoms with E-state index in [9.17, 15) is 14.4 Å². The molecule has 0 unspecified atom stereocenters. The second-order valence-corrected chi connectivity index (χ2v) is 4.33. The van der Waals surface area contributed by atoms with E-state index in [0.717, 1.165) is 0 Å². The first-order valence-electron chi connectivity index (χ1n) is 5.61. The molecule has 0 aromatic rings. The van der Waals surface area contributed by atoms with Crippen LogP contribution in [0.15, 0.2) is 22.3 Å². The number of hydrogen-bond acceptors (Lipinski definition) is 3. The van der Waals surface area contributed by atoms with Crippen molar-refractivity contribution in [2.75, 3.05) is 0 Å². The lowest BCUT2D eigenvalue weighted by molar-refractivity contribution is -0.118. The Morgan fingerprint density at radius 2 is 1.53 bits per heavy atom.